The van der Waals surface area contributed by atoms with Crippen LogP contribution in [0.3, 0.4) is 0 Å². The fourth-order valence-electron chi connectivity index (χ4n) is 1.75. The molecule has 0 amide bonds. The van der Waals surface area contributed by atoms with E-state index in [0.29, 0.717) is 11.5 Å². The van der Waals surface area contributed by atoms with Gasteiger partial charge in [0.1, 0.15) is 5.75 Å². The number of rotatable bonds is 3. The van der Waals surface area contributed by atoms with Crippen molar-refractivity contribution in [3.63, 3.8) is 0 Å². The van der Waals surface area contributed by atoms with Crippen LogP contribution in [0.2, 0.25) is 0 Å². The van der Waals surface area contributed by atoms with Gasteiger partial charge < -0.3 is 10.1 Å². The molecule has 0 aromatic heterocycles. The highest BCUT2D eigenvalue weighted by Crippen LogP contribution is 2.34. The molecule has 1 atom stereocenters. The van der Waals surface area contributed by atoms with Crippen LogP contribution in [0, 0.1) is 5.92 Å². The number of nitrogens with one attached hydrogen (secondary N) is 1. The van der Waals surface area contributed by atoms with Crippen molar-refractivity contribution in [1.29, 1.82) is 0 Å². The number of anilines is 1. The van der Waals surface area contributed by atoms with Gasteiger partial charge in [0.15, 0.2) is 0 Å². The van der Waals surface area contributed by atoms with Crippen LogP contribution in [0.1, 0.15) is 19.4 Å². The Morgan fingerprint density at radius 3 is 2.68 bits per heavy atom. The van der Waals surface area contributed by atoms with Crippen molar-refractivity contribution in [3.05, 3.63) is 29.8 Å². The van der Waals surface area contributed by atoms with Crippen LogP contribution >= 0.6 is 0 Å². The van der Waals surface area contributed by atoms with E-state index in [0.717, 1.165) is 18.3 Å². The monoisotopic (exact) mass is 271 g/mol. The summed E-state index contributed by atoms with van der Waals surface area (Å²) in [7, 11) is 0. The van der Waals surface area contributed by atoms with E-state index in [1.165, 1.54) is 6.08 Å². The first-order valence-electron chi connectivity index (χ1n) is 6.16. The fraction of sp³-hybridized carbons (Fsp3) is 0.429. The zero-order valence-electron chi connectivity index (χ0n) is 10.8. The maximum atomic E-state index is 12.6. The third-order valence-corrected chi connectivity index (χ3v) is 2.76. The summed E-state index contributed by atoms with van der Waals surface area (Å²) >= 11 is 0. The van der Waals surface area contributed by atoms with E-state index in [2.05, 4.69) is 19.2 Å². The number of alkyl halides is 3. The van der Waals surface area contributed by atoms with Gasteiger partial charge in [-0.25, -0.2) is 0 Å². The van der Waals surface area contributed by atoms with Gasteiger partial charge in [-0.2, -0.15) is 13.2 Å². The lowest BCUT2D eigenvalue weighted by Gasteiger charge is -2.24. The number of ether oxygens (including phenoxy) is 1. The van der Waals surface area contributed by atoms with Crippen molar-refractivity contribution >= 4 is 11.8 Å². The Balaban J connectivity index is 2.15. The lowest BCUT2D eigenvalue weighted by Crippen LogP contribution is -2.33. The highest BCUT2D eigenvalue weighted by molar-refractivity contribution is 5.65. The molecule has 0 bridgehead atoms. The number of fused-ring (bicyclic) bond motifs is 1. The molecule has 1 aliphatic heterocycles. The second-order valence-corrected chi connectivity index (χ2v) is 4.97. The minimum absolute atomic E-state index is 0.263. The van der Waals surface area contributed by atoms with Gasteiger partial charge in [0.25, 0.3) is 0 Å². The molecule has 1 unspecified atom stereocenters. The van der Waals surface area contributed by atoms with E-state index >= 15 is 0 Å². The summed E-state index contributed by atoms with van der Waals surface area (Å²) in [5.41, 5.74) is 1.43. The Bertz CT molecular complexity index is 480. The summed E-state index contributed by atoms with van der Waals surface area (Å²) in [5, 5.41) is 3.16. The summed E-state index contributed by atoms with van der Waals surface area (Å²) in [6, 6.07) is 5.20. The molecule has 19 heavy (non-hydrogen) atoms. The first-order chi connectivity index (χ1) is 8.86. The van der Waals surface area contributed by atoms with Crippen LogP contribution in [-0.4, -0.2) is 18.8 Å². The number of halogens is 3. The molecular formula is C14H16F3NO. The summed E-state index contributed by atoms with van der Waals surface area (Å²) in [6.45, 7) is 4.88. The van der Waals surface area contributed by atoms with Crippen LogP contribution in [0.5, 0.6) is 5.75 Å². The van der Waals surface area contributed by atoms with E-state index < -0.39 is 12.3 Å². The molecule has 1 heterocycles. The molecule has 0 aliphatic carbocycles. The zero-order valence-corrected chi connectivity index (χ0v) is 10.8. The Morgan fingerprint density at radius 1 is 1.32 bits per heavy atom. The molecule has 1 N–H and O–H groups in total. The summed E-state index contributed by atoms with van der Waals surface area (Å²) < 4.78 is 42.8. The van der Waals surface area contributed by atoms with Gasteiger partial charge in [0.05, 0.1) is 0 Å². The van der Waals surface area contributed by atoms with Crippen LogP contribution in [-0.2, 0) is 0 Å². The third kappa shape index (κ3) is 3.43. The first-order valence-corrected chi connectivity index (χ1v) is 6.16. The highest BCUT2D eigenvalue weighted by Gasteiger charge is 2.41. The second-order valence-electron chi connectivity index (χ2n) is 4.97. The molecule has 1 aliphatic rings. The Kier molecular flexibility index (Phi) is 3.73. The second kappa shape index (κ2) is 5.15. The summed E-state index contributed by atoms with van der Waals surface area (Å²) in [5.74, 6) is 0.721. The molecule has 104 valence electrons. The quantitative estimate of drug-likeness (QED) is 0.894. The molecular weight excluding hydrogens is 255 g/mol. The molecule has 0 saturated heterocycles. The van der Waals surface area contributed by atoms with Crippen LogP contribution in [0.4, 0.5) is 18.9 Å². The van der Waals surface area contributed by atoms with Gasteiger partial charge in [0.2, 0.25) is 6.10 Å². The van der Waals surface area contributed by atoms with Crippen LogP contribution in [0.15, 0.2) is 24.3 Å². The van der Waals surface area contributed by atoms with E-state index in [1.54, 1.807) is 12.1 Å². The molecule has 0 spiro atoms. The van der Waals surface area contributed by atoms with Crippen molar-refractivity contribution in [2.45, 2.75) is 26.1 Å². The lowest BCUT2D eigenvalue weighted by atomic mass is 10.1. The van der Waals surface area contributed by atoms with E-state index in [1.807, 2.05) is 6.07 Å². The van der Waals surface area contributed by atoms with E-state index in [4.69, 9.17) is 4.74 Å². The van der Waals surface area contributed by atoms with Crippen molar-refractivity contribution in [2.24, 2.45) is 5.92 Å². The molecule has 0 saturated carbocycles. The summed E-state index contributed by atoms with van der Waals surface area (Å²) in [4.78, 5) is 0. The Labute approximate surface area is 110 Å². The predicted octanol–water partition coefficient (Wildman–Crippen LogP) is 4.09. The van der Waals surface area contributed by atoms with Crippen molar-refractivity contribution in [1.82, 2.24) is 0 Å². The molecule has 5 heteroatoms. The van der Waals surface area contributed by atoms with E-state index in [9.17, 15) is 13.2 Å². The molecule has 2 nitrogen and oxygen atoms in total. The standard InChI is InChI=1S/C14H16F3NO/c1-9(2)8-18-11-5-3-10-4-6-13(14(15,16)17)19-12(10)7-11/h3-7,9,13,18H,8H2,1-2H3. The zero-order chi connectivity index (χ0) is 14.0. The smallest absolute Gasteiger partial charge is 0.429 e. The third-order valence-electron chi connectivity index (χ3n) is 2.76. The van der Waals surface area contributed by atoms with Gasteiger partial charge in [-0.15, -0.1) is 0 Å². The van der Waals surface area contributed by atoms with Gasteiger partial charge in [-0.1, -0.05) is 19.9 Å². The fourth-order valence-corrected chi connectivity index (χ4v) is 1.75. The van der Waals surface area contributed by atoms with Crippen molar-refractivity contribution in [3.8, 4) is 5.75 Å². The van der Waals surface area contributed by atoms with Crippen LogP contribution < -0.4 is 10.1 Å². The van der Waals surface area contributed by atoms with Gasteiger partial charge in [0, 0.05) is 23.9 Å². The number of hydrogen-bond donors (Lipinski definition) is 1. The largest absolute Gasteiger partial charge is 0.476 e. The van der Waals surface area contributed by atoms with Crippen molar-refractivity contribution in [2.75, 3.05) is 11.9 Å². The SMILES string of the molecule is CC(C)CNc1ccc2c(c1)OC(C(F)(F)F)C=C2. The van der Waals surface area contributed by atoms with Gasteiger partial charge >= 0.3 is 6.18 Å². The molecule has 0 fully saturated rings. The molecule has 1 aromatic rings. The number of hydrogen-bond acceptors (Lipinski definition) is 2. The Hall–Kier alpha value is -1.65. The normalized spacial score (nSPS) is 18.1. The average Bonchev–Trinajstić information content (AvgIpc) is 2.34. The predicted molar refractivity (Wildman–Crippen MR) is 69.3 cm³/mol. The van der Waals surface area contributed by atoms with Gasteiger partial charge in [-0.3, -0.25) is 0 Å². The maximum absolute atomic E-state index is 12.6. The van der Waals surface area contributed by atoms with Crippen molar-refractivity contribution < 1.29 is 17.9 Å². The minimum atomic E-state index is -4.38. The van der Waals surface area contributed by atoms with Crippen LogP contribution in [0.25, 0.3) is 6.08 Å². The minimum Gasteiger partial charge on any atom is -0.476 e. The number of benzene rings is 1. The lowest BCUT2D eigenvalue weighted by molar-refractivity contribution is -0.180. The molecule has 2 rings (SSSR count). The topological polar surface area (TPSA) is 21.3 Å². The maximum Gasteiger partial charge on any atom is 0.429 e. The Morgan fingerprint density at radius 2 is 2.05 bits per heavy atom. The average molecular weight is 271 g/mol. The van der Waals surface area contributed by atoms with Gasteiger partial charge in [-0.05, 0) is 24.1 Å². The van der Waals surface area contributed by atoms with E-state index in [-0.39, 0.29) is 5.75 Å². The molecule has 0 radical (unpaired) electrons. The highest BCUT2D eigenvalue weighted by atomic mass is 19.4. The summed E-state index contributed by atoms with van der Waals surface area (Å²) in [6.07, 6.45) is -3.76. The first kappa shape index (κ1) is 13.8. The molecule has 1 aromatic carbocycles.